The van der Waals surface area contributed by atoms with Crippen LogP contribution in [-0.4, -0.2) is 27.8 Å². The lowest BCUT2D eigenvalue weighted by atomic mass is 10.1. The number of hydrogen-bond donors (Lipinski definition) is 1. The van der Waals surface area contributed by atoms with E-state index in [2.05, 4.69) is 22.4 Å². The van der Waals surface area contributed by atoms with Crippen molar-refractivity contribution in [3.05, 3.63) is 35.7 Å². The summed E-state index contributed by atoms with van der Waals surface area (Å²) in [6.07, 6.45) is 2.07. The average Bonchev–Trinajstić information content (AvgIpc) is 2.96. The Morgan fingerprint density at radius 2 is 2.17 bits per heavy atom. The molecule has 0 aliphatic rings. The van der Waals surface area contributed by atoms with Gasteiger partial charge < -0.3 is 9.84 Å². The highest BCUT2D eigenvalue weighted by atomic mass is 32.2. The summed E-state index contributed by atoms with van der Waals surface area (Å²) in [6, 6.07) is 8.15. The van der Waals surface area contributed by atoms with Gasteiger partial charge in [0, 0.05) is 11.6 Å². The van der Waals surface area contributed by atoms with Crippen LogP contribution in [0.4, 0.5) is 0 Å². The van der Waals surface area contributed by atoms with E-state index in [1.165, 1.54) is 11.8 Å². The number of aryl methyl sites for hydroxylation is 1. The van der Waals surface area contributed by atoms with Crippen molar-refractivity contribution >= 4 is 17.7 Å². The molecular formula is C17H23N3O2S. The Kier molecular flexibility index (Phi) is 6.65. The molecule has 1 unspecified atom stereocenters. The summed E-state index contributed by atoms with van der Waals surface area (Å²) >= 11 is 1.48. The van der Waals surface area contributed by atoms with Crippen LogP contribution in [0.5, 0.6) is 0 Å². The van der Waals surface area contributed by atoms with Crippen molar-refractivity contribution in [2.75, 3.05) is 5.75 Å². The molecule has 1 aromatic carbocycles. The number of benzene rings is 1. The van der Waals surface area contributed by atoms with Crippen LogP contribution in [-0.2, 0) is 10.5 Å². The smallest absolute Gasteiger partial charge is 0.236 e. The van der Waals surface area contributed by atoms with E-state index in [-0.39, 0.29) is 11.9 Å². The predicted octanol–water partition coefficient (Wildman–Crippen LogP) is 3.58. The van der Waals surface area contributed by atoms with Crippen molar-refractivity contribution in [2.24, 2.45) is 0 Å². The maximum Gasteiger partial charge on any atom is 0.236 e. The third-order valence-electron chi connectivity index (χ3n) is 3.44. The number of thioether (sulfide) groups is 1. The molecule has 0 aliphatic carbocycles. The van der Waals surface area contributed by atoms with Crippen LogP contribution in [0.2, 0.25) is 0 Å². The Bertz CT molecular complexity index is 642. The molecule has 0 bridgehead atoms. The summed E-state index contributed by atoms with van der Waals surface area (Å²) in [4.78, 5) is 16.2. The topological polar surface area (TPSA) is 68.0 Å². The average molecular weight is 333 g/mol. The molecule has 1 heterocycles. The van der Waals surface area contributed by atoms with E-state index in [1.807, 2.05) is 38.1 Å². The lowest BCUT2D eigenvalue weighted by molar-refractivity contribution is -0.119. The van der Waals surface area contributed by atoms with Crippen LogP contribution >= 0.6 is 11.8 Å². The first-order valence-corrected chi connectivity index (χ1v) is 9.01. The molecule has 2 aromatic rings. The van der Waals surface area contributed by atoms with Crippen LogP contribution in [0, 0.1) is 6.92 Å². The van der Waals surface area contributed by atoms with Crippen LogP contribution in [0.3, 0.4) is 0 Å². The molecule has 0 aliphatic heterocycles. The van der Waals surface area contributed by atoms with Gasteiger partial charge in [-0.3, -0.25) is 4.79 Å². The van der Waals surface area contributed by atoms with Crippen molar-refractivity contribution in [3.63, 3.8) is 0 Å². The van der Waals surface area contributed by atoms with Gasteiger partial charge in [0.15, 0.2) is 0 Å². The molecule has 23 heavy (non-hydrogen) atoms. The first-order valence-electron chi connectivity index (χ1n) is 7.85. The van der Waals surface area contributed by atoms with Gasteiger partial charge in [0.2, 0.25) is 17.6 Å². The number of nitrogens with zero attached hydrogens (tertiary/aromatic N) is 2. The second kappa shape index (κ2) is 8.72. The Hall–Kier alpha value is -1.82. The van der Waals surface area contributed by atoms with Crippen LogP contribution in [0.25, 0.3) is 11.4 Å². The minimum Gasteiger partial charge on any atom is -0.353 e. The minimum atomic E-state index is 0.0505. The Labute approximate surface area is 141 Å². The van der Waals surface area contributed by atoms with Crippen molar-refractivity contribution in [2.45, 2.75) is 45.4 Å². The standard InChI is InChI=1S/C17H23N3O2S/c1-4-7-13(3)18-15(21)10-23-11-16-19-17(20-22-16)14-9-6-5-8-12(14)2/h5-6,8-9,13H,4,7,10-11H2,1-3H3,(H,18,21). The Morgan fingerprint density at radius 3 is 2.91 bits per heavy atom. The molecule has 124 valence electrons. The van der Waals surface area contributed by atoms with Crippen LogP contribution < -0.4 is 5.32 Å². The van der Waals surface area contributed by atoms with Crippen molar-refractivity contribution in [1.82, 2.24) is 15.5 Å². The summed E-state index contributed by atoms with van der Waals surface area (Å²) in [6.45, 7) is 6.15. The molecule has 0 radical (unpaired) electrons. The van der Waals surface area contributed by atoms with Crippen molar-refractivity contribution in [1.29, 1.82) is 0 Å². The highest BCUT2D eigenvalue weighted by molar-refractivity contribution is 7.99. The van der Waals surface area contributed by atoms with E-state index >= 15 is 0 Å². The number of carbonyl (C=O) groups excluding carboxylic acids is 1. The summed E-state index contributed by atoms with van der Waals surface area (Å²) in [7, 11) is 0. The molecule has 1 aromatic heterocycles. The fourth-order valence-corrected chi connectivity index (χ4v) is 2.96. The Balaban J connectivity index is 1.81. The van der Waals surface area contributed by atoms with Gasteiger partial charge in [0.05, 0.1) is 11.5 Å². The monoisotopic (exact) mass is 333 g/mol. The van der Waals surface area contributed by atoms with Gasteiger partial charge in [0.1, 0.15) is 0 Å². The molecule has 0 spiro atoms. The van der Waals surface area contributed by atoms with Gasteiger partial charge in [-0.2, -0.15) is 4.98 Å². The Morgan fingerprint density at radius 1 is 1.39 bits per heavy atom. The number of hydrogen-bond acceptors (Lipinski definition) is 5. The zero-order chi connectivity index (χ0) is 16.7. The summed E-state index contributed by atoms with van der Waals surface area (Å²) < 4.78 is 5.26. The highest BCUT2D eigenvalue weighted by Crippen LogP contribution is 2.21. The highest BCUT2D eigenvalue weighted by Gasteiger charge is 2.12. The second-order valence-electron chi connectivity index (χ2n) is 5.58. The molecule has 0 saturated heterocycles. The summed E-state index contributed by atoms with van der Waals surface area (Å²) in [5.41, 5.74) is 2.08. The predicted molar refractivity (Wildman–Crippen MR) is 93.1 cm³/mol. The fraction of sp³-hybridized carbons (Fsp3) is 0.471. The van der Waals surface area contributed by atoms with E-state index in [0.29, 0.717) is 23.2 Å². The van der Waals surface area contributed by atoms with Crippen LogP contribution in [0.15, 0.2) is 28.8 Å². The maximum atomic E-state index is 11.8. The van der Waals surface area contributed by atoms with E-state index in [9.17, 15) is 4.79 Å². The fourth-order valence-electron chi connectivity index (χ4n) is 2.30. The molecule has 1 N–H and O–H groups in total. The van der Waals surface area contributed by atoms with Gasteiger partial charge in [-0.15, -0.1) is 11.8 Å². The van der Waals surface area contributed by atoms with Crippen molar-refractivity contribution in [3.8, 4) is 11.4 Å². The lowest BCUT2D eigenvalue weighted by Gasteiger charge is -2.11. The molecule has 6 heteroatoms. The molecule has 0 fully saturated rings. The third kappa shape index (κ3) is 5.39. The summed E-state index contributed by atoms with van der Waals surface area (Å²) in [5.74, 6) is 2.13. The van der Waals surface area contributed by atoms with E-state index in [4.69, 9.17) is 4.52 Å². The quantitative estimate of drug-likeness (QED) is 0.799. The van der Waals surface area contributed by atoms with E-state index < -0.39 is 0 Å². The SMILES string of the molecule is CCCC(C)NC(=O)CSCc1nc(-c2ccccc2C)no1. The number of nitrogens with one attached hydrogen (secondary N) is 1. The van der Waals surface area contributed by atoms with Gasteiger partial charge in [0.25, 0.3) is 0 Å². The molecule has 2 rings (SSSR count). The lowest BCUT2D eigenvalue weighted by Crippen LogP contribution is -2.33. The van der Waals surface area contributed by atoms with Crippen LogP contribution in [0.1, 0.15) is 38.1 Å². The van der Waals surface area contributed by atoms with Gasteiger partial charge >= 0.3 is 0 Å². The zero-order valence-corrected chi connectivity index (χ0v) is 14.7. The first kappa shape index (κ1) is 17.5. The minimum absolute atomic E-state index is 0.0505. The van der Waals surface area contributed by atoms with E-state index in [1.54, 1.807) is 0 Å². The van der Waals surface area contributed by atoms with Crippen molar-refractivity contribution < 1.29 is 9.32 Å². The maximum absolute atomic E-state index is 11.8. The third-order valence-corrected chi connectivity index (χ3v) is 4.36. The molecule has 1 atom stereocenters. The number of aromatic nitrogens is 2. The summed E-state index contributed by atoms with van der Waals surface area (Å²) in [5, 5.41) is 7.00. The van der Waals surface area contributed by atoms with Gasteiger partial charge in [-0.1, -0.05) is 42.8 Å². The van der Waals surface area contributed by atoms with Gasteiger partial charge in [-0.05, 0) is 25.8 Å². The largest absolute Gasteiger partial charge is 0.353 e. The molecule has 5 nitrogen and oxygen atoms in total. The second-order valence-corrected chi connectivity index (χ2v) is 6.56. The number of amides is 1. The van der Waals surface area contributed by atoms with Gasteiger partial charge in [-0.25, -0.2) is 0 Å². The molecule has 0 saturated carbocycles. The number of carbonyl (C=O) groups is 1. The zero-order valence-electron chi connectivity index (χ0n) is 13.8. The molecule has 1 amide bonds. The molecular weight excluding hydrogens is 310 g/mol. The normalized spacial score (nSPS) is 12.1. The first-order chi connectivity index (χ1) is 11.1. The number of rotatable bonds is 8. The van der Waals surface area contributed by atoms with E-state index in [0.717, 1.165) is 24.0 Å².